The van der Waals surface area contributed by atoms with E-state index in [2.05, 4.69) is 4.98 Å². The zero-order valence-electron chi connectivity index (χ0n) is 15.4. The Bertz CT molecular complexity index is 874. The highest BCUT2D eigenvalue weighted by atomic mass is 19.1. The summed E-state index contributed by atoms with van der Waals surface area (Å²) in [5.41, 5.74) is 5.90. The van der Waals surface area contributed by atoms with Gasteiger partial charge in [0.05, 0.1) is 12.9 Å². The second-order valence-electron chi connectivity index (χ2n) is 6.12. The van der Waals surface area contributed by atoms with Gasteiger partial charge in [0.2, 0.25) is 0 Å². The van der Waals surface area contributed by atoms with Gasteiger partial charge in [0.15, 0.2) is 5.84 Å². The maximum absolute atomic E-state index is 13.3. The first-order valence-corrected chi connectivity index (χ1v) is 8.59. The van der Waals surface area contributed by atoms with Crippen LogP contribution >= 0.6 is 0 Å². The molecule has 28 heavy (non-hydrogen) atoms. The van der Waals surface area contributed by atoms with Crippen molar-refractivity contribution in [3.63, 3.8) is 0 Å². The number of carboxylic acid groups (broad SMARTS) is 1. The molecule has 2 rings (SSSR count). The van der Waals surface area contributed by atoms with E-state index in [0.29, 0.717) is 18.5 Å². The van der Waals surface area contributed by atoms with E-state index in [9.17, 15) is 9.18 Å². The Morgan fingerprint density at radius 2 is 2.18 bits per heavy atom. The fourth-order valence-corrected chi connectivity index (χ4v) is 2.62. The summed E-state index contributed by atoms with van der Waals surface area (Å²) in [6.45, 7) is 2.01. The molecule has 148 valence electrons. The average Bonchev–Trinajstić information content (AvgIpc) is 2.65. The molecule has 0 aliphatic heterocycles. The number of hydrogen-bond acceptors (Lipinski definition) is 6. The number of nitrogens with two attached hydrogens (primary N) is 1. The third-order valence-electron chi connectivity index (χ3n) is 4.08. The number of carboxylic acids is 1. The second kappa shape index (κ2) is 9.45. The number of aromatic carboxylic acids is 1. The normalized spacial score (nSPS) is 11.5. The van der Waals surface area contributed by atoms with E-state index in [1.807, 2.05) is 6.92 Å². The summed E-state index contributed by atoms with van der Waals surface area (Å²) in [5.74, 6) is -1.46. The molecule has 1 aromatic carbocycles. The quantitative estimate of drug-likeness (QED) is 0.297. The molecule has 0 saturated heterocycles. The van der Waals surface area contributed by atoms with Gasteiger partial charge in [-0.3, -0.25) is 10.8 Å². The summed E-state index contributed by atoms with van der Waals surface area (Å²) < 4.78 is 18.8. The Morgan fingerprint density at radius 3 is 2.82 bits per heavy atom. The summed E-state index contributed by atoms with van der Waals surface area (Å²) in [7, 11) is 0. The molecule has 0 amide bonds. The van der Waals surface area contributed by atoms with Crippen molar-refractivity contribution >= 4 is 24.0 Å². The Labute approximate surface area is 161 Å². The topological polar surface area (TPSA) is 136 Å². The van der Waals surface area contributed by atoms with Gasteiger partial charge in [-0.15, -0.1) is 0 Å². The van der Waals surface area contributed by atoms with Crippen LogP contribution < -0.4 is 10.5 Å². The van der Waals surface area contributed by atoms with Crippen molar-refractivity contribution in [1.29, 1.82) is 10.8 Å². The molecule has 1 unspecified atom stereocenters. The maximum atomic E-state index is 13.3. The number of nitrogens with zero attached hydrogens (tertiary/aromatic N) is 2. The summed E-state index contributed by atoms with van der Waals surface area (Å²) in [6, 6.07) is 8.00. The van der Waals surface area contributed by atoms with Crippen LogP contribution in [0.25, 0.3) is 0 Å². The molecule has 0 radical (unpaired) electrons. The van der Waals surface area contributed by atoms with Crippen molar-refractivity contribution in [1.82, 2.24) is 9.88 Å². The van der Waals surface area contributed by atoms with Crippen LogP contribution in [0.4, 0.5) is 10.2 Å². The summed E-state index contributed by atoms with van der Waals surface area (Å²) in [5, 5.41) is 25.0. The Morgan fingerprint density at radius 1 is 1.43 bits per heavy atom. The van der Waals surface area contributed by atoms with E-state index in [4.69, 9.17) is 26.4 Å². The number of halogens is 1. The zero-order chi connectivity index (χ0) is 20.7. The highest BCUT2D eigenvalue weighted by Crippen LogP contribution is 2.20. The largest absolute Gasteiger partial charge is 0.493 e. The smallest absolute Gasteiger partial charge is 0.339 e. The minimum absolute atomic E-state index is 0.0271. The molecule has 1 heterocycles. The molecule has 0 saturated carbocycles. The number of pyridine rings is 1. The number of rotatable bonds is 9. The third kappa shape index (κ3) is 5.26. The van der Waals surface area contributed by atoms with Crippen molar-refractivity contribution in [2.75, 3.05) is 12.3 Å². The molecule has 0 bridgehead atoms. The first kappa shape index (κ1) is 20.8. The molecule has 0 aliphatic rings. The lowest BCUT2D eigenvalue weighted by molar-refractivity contribution is 0.0692. The lowest BCUT2D eigenvalue weighted by Gasteiger charge is -2.26. The van der Waals surface area contributed by atoms with Gasteiger partial charge < -0.3 is 20.5 Å². The number of ether oxygens (including phenoxy) is 1. The van der Waals surface area contributed by atoms with Crippen molar-refractivity contribution < 1.29 is 19.0 Å². The van der Waals surface area contributed by atoms with Gasteiger partial charge in [0, 0.05) is 12.1 Å². The van der Waals surface area contributed by atoms with E-state index in [1.165, 1.54) is 4.90 Å². The number of benzene rings is 1. The molecule has 9 heteroatoms. The van der Waals surface area contributed by atoms with Crippen molar-refractivity contribution in [2.24, 2.45) is 0 Å². The highest BCUT2D eigenvalue weighted by Gasteiger charge is 2.18. The fourth-order valence-electron chi connectivity index (χ4n) is 2.62. The number of amidine groups is 1. The minimum atomic E-state index is -1.19. The Kier molecular flexibility index (Phi) is 7.02. The van der Waals surface area contributed by atoms with Gasteiger partial charge in [0.1, 0.15) is 28.6 Å². The van der Waals surface area contributed by atoms with Gasteiger partial charge in [-0.05, 0) is 44.0 Å². The number of anilines is 1. The molecule has 0 spiro atoms. The predicted octanol–water partition coefficient (Wildman–Crippen LogP) is 2.98. The zero-order valence-corrected chi connectivity index (χ0v) is 15.4. The second-order valence-corrected chi connectivity index (χ2v) is 6.12. The molecular weight excluding hydrogens is 365 g/mol. The number of carbonyl (C=O) groups is 1. The summed E-state index contributed by atoms with van der Waals surface area (Å²) in [6.07, 6.45) is 2.12. The van der Waals surface area contributed by atoms with E-state index in [-0.39, 0.29) is 35.6 Å². The van der Waals surface area contributed by atoms with Crippen molar-refractivity contribution in [3.05, 3.63) is 53.5 Å². The lowest BCUT2D eigenvalue weighted by Crippen LogP contribution is -2.38. The number of hydrogen-bond donors (Lipinski definition) is 4. The van der Waals surface area contributed by atoms with E-state index in [1.54, 1.807) is 18.2 Å². The van der Waals surface area contributed by atoms with Gasteiger partial charge in [-0.1, -0.05) is 6.07 Å². The third-order valence-corrected chi connectivity index (χ3v) is 4.08. The van der Waals surface area contributed by atoms with Crippen LogP contribution in [-0.4, -0.2) is 45.8 Å². The first-order chi connectivity index (χ1) is 13.3. The maximum Gasteiger partial charge on any atom is 0.339 e. The van der Waals surface area contributed by atoms with E-state index < -0.39 is 11.8 Å². The van der Waals surface area contributed by atoms with Gasteiger partial charge >= 0.3 is 5.97 Å². The van der Waals surface area contributed by atoms with Crippen LogP contribution in [0, 0.1) is 16.6 Å². The number of aromatic nitrogens is 1. The van der Waals surface area contributed by atoms with Crippen molar-refractivity contribution in [3.8, 4) is 5.75 Å². The average molecular weight is 387 g/mol. The molecule has 1 aromatic heterocycles. The van der Waals surface area contributed by atoms with Crippen LogP contribution in [0.15, 0.2) is 36.4 Å². The van der Waals surface area contributed by atoms with Crippen molar-refractivity contribution in [2.45, 2.75) is 25.8 Å². The van der Waals surface area contributed by atoms with Gasteiger partial charge in [-0.25, -0.2) is 14.2 Å². The van der Waals surface area contributed by atoms with Gasteiger partial charge in [-0.2, -0.15) is 0 Å². The number of nitrogens with one attached hydrogen (secondary N) is 2. The monoisotopic (exact) mass is 387 g/mol. The predicted molar refractivity (Wildman–Crippen MR) is 104 cm³/mol. The fraction of sp³-hybridized carbons (Fsp3) is 0.263. The van der Waals surface area contributed by atoms with Crippen LogP contribution in [0.3, 0.4) is 0 Å². The summed E-state index contributed by atoms with van der Waals surface area (Å²) in [4.78, 5) is 16.7. The lowest BCUT2D eigenvalue weighted by atomic mass is 10.1. The molecule has 8 nitrogen and oxygen atoms in total. The van der Waals surface area contributed by atoms with Crippen LogP contribution in [0.1, 0.15) is 35.8 Å². The first-order valence-electron chi connectivity index (χ1n) is 8.59. The minimum Gasteiger partial charge on any atom is -0.493 e. The van der Waals surface area contributed by atoms with Crippen LogP contribution in [-0.2, 0) is 0 Å². The van der Waals surface area contributed by atoms with E-state index in [0.717, 1.165) is 24.5 Å². The molecule has 5 N–H and O–H groups in total. The molecule has 0 aliphatic carbocycles. The van der Waals surface area contributed by atoms with E-state index >= 15 is 0 Å². The SMILES string of the molecule is CC(CCCOc1cc(F)ccc1C(=O)O)N(C=N)C(=N)c1cccc(N)n1. The Balaban J connectivity index is 1.93. The Hall–Kier alpha value is -3.49. The molecular formula is C19H22FN5O3. The molecule has 2 aromatic rings. The molecule has 1 atom stereocenters. The van der Waals surface area contributed by atoms with Gasteiger partial charge in [0.25, 0.3) is 0 Å². The summed E-state index contributed by atoms with van der Waals surface area (Å²) >= 11 is 0. The standard InChI is InChI=1S/C19H22FN5O3/c1-12(25(11-21)18(23)15-5-2-6-17(22)24-15)4-3-9-28-16-10-13(20)7-8-14(16)19(26)27/h2,5-8,10-12,21,23H,3-4,9H2,1H3,(H2,22,24)(H,26,27). The number of nitrogen functional groups attached to an aromatic ring is 1. The molecule has 0 fully saturated rings. The van der Waals surface area contributed by atoms with Crippen LogP contribution in [0.2, 0.25) is 0 Å². The van der Waals surface area contributed by atoms with Crippen LogP contribution in [0.5, 0.6) is 5.75 Å². The highest BCUT2D eigenvalue weighted by molar-refractivity contribution is 6.01.